The van der Waals surface area contributed by atoms with Gasteiger partial charge in [-0.15, -0.1) is 0 Å². The van der Waals surface area contributed by atoms with Crippen molar-refractivity contribution in [2.24, 2.45) is 16.7 Å². The molecule has 0 unspecified atom stereocenters. The maximum Gasteiger partial charge on any atom is 0.0900 e. The van der Waals surface area contributed by atoms with E-state index in [0.717, 1.165) is 45.2 Å². The highest BCUT2D eigenvalue weighted by Crippen LogP contribution is 2.66. The zero-order chi connectivity index (χ0) is 16.7. The molecular formula is C19H36N2O2. The van der Waals surface area contributed by atoms with Crippen molar-refractivity contribution in [1.29, 1.82) is 0 Å². The van der Waals surface area contributed by atoms with E-state index < -0.39 is 0 Å². The summed E-state index contributed by atoms with van der Waals surface area (Å²) in [5, 5.41) is 10.4. The molecule has 1 aliphatic heterocycles. The average Bonchev–Trinajstić information content (AvgIpc) is 2.86. The van der Waals surface area contributed by atoms with Gasteiger partial charge in [-0.25, -0.2) is 0 Å². The van der Waals surface area contributed by atoms with Gasteiger partial charge in [0.05, 0.1) is 18.8 Å². The maximum atomic E-state index is 10.4. The molecule has 23 heavy (non-hydrogen) atoms. The van der Waals surface area contributed by atoms with Gasteiger partial charge in [-0.1, -0.05) is 27.7 Å². The minimum atomic E-state index is -0.353. The minimum Gasteiger partial charge on any atom is -0.389 e. The van der Waals surface area contributed by atoms with Crippen LogP contribution in [0.2, 0.25) is 0 Å². The lowest BCUT2D eigenvalue weighted by molar-refractivity contribution is -0.0806. The van der Waals surface area contributed by atoms with Gasteiger partial charge in [0.25, 0.3) is 0 Å². The van der Waals surface area contributed by atoms with E-state index in [9.17, 15) is 5.11 Å². The Balaban J connectivity index is 1.43. The molecule has 3 aliphatic rings. The largest absolute Gasteiger partial charge is 0.389 e. The Kier molecular flexibility index (Phi) is 5.09. The summed E-state index contributed by atoms with van der Waals surface area (Å²) < 4.78 is 6.23. The summed E-state index contributed by atoms with van der Waals surface area (Å²) in [5.74, 6) is 0.803. The first-order valence-corrected chi connectivity index (χ1v) is 9.61. The first-order chi connectivity index (χ1) is 10.9. The Morgan fingerprint density at radius 2 is 1.78 bits per heavy atom. The summed E-state index contributed by atoms with van der Waals surface area (Å²) in [6.07, 6.45) is 3.81. The third-order valence-corrected chi connectivity index (χ3v) is 7.58. The second kappa shape index (κ2) is 6.62. The van der Waals surface area contributed by atoms with Crippen molar-refractivity contribution >= 4 is 0 Å². The molecule has 1 saturated heterocycles. The molecule has 4 heteroatoms. The fourth-order valence-corrected chi connectivity index (χ4v) is 5.25. The molecular weight excluding hydrogens is 288 g/mol. The van der Waals surface area contributed by atoms with Crippen LogP contribution in [-0.4, -0.2) is 73.0 Å². The van der Waals surface area contributed by atoms with E-state index in [1.54, 1.807) is 0 Å². The van der Waals surface area contributed by atoms with Crippen LogP contribution in [0.4, 0.5) is 0 Å². The monoisotopic (exact) mass is 324 g/mol. The van der Waals surface area contributed by atoms with Crippen LogP contribution < -0.4 is 0 Å². The molecule has 4 atom stereocenters. The number of hydrogen-bond donors (Lipinski definition) is 1. The molecule has 2 aliphatic carbocycles. The topological polar surface area (TPSA) is 35.9 Å². The van der Waals surface area contributed by atoms with Crippen molar-refractivity contribution in [1.82, 2.24) is 9.80 Å². The average molecular weight is 325 g/mol. The van der Waals surface area contributed by atoms with Crippen molar-refractivity contribution < 1.29 is 9.84 Å². The fraction of sp³-hybridized carbons (Fsp3) is 1.00. The number of aliphatic hydroxyl groups is 1. The van der Waals surface area contributed by atoms with E-state index in [1.165, 1.54) is 19.3 Å². The number of hydrogen-bond acceptors (Lipinski definition) is 4. The molecule has 0 aromatic heterocycles. The van der Waals surface area contributed by atoms with Crippen molar-refractivity contribution in [2.75, 3.05) is 45.9 Å². The number of aliphatic hydroxyl groups excluding tert-OH is 1. The van der Waals surface area contributed by atoms with E-state index in [0.29, 0.717) is 23.5 Å². The molecule has 0 spiro atoms. The zero-order valence-electron chi connectivity index (χ0n) is 15.6. The normalized spacial score (nSPS) is 39.0. The number of fused-ring (bicyclic) bond motifs is 2. The molecule has 3 fully saturated rings. The Labute approximate surface area is 142 Å². The first kappa shape index (κ1) is 17.7. The van der Waals surface area contributed by atoms with Crippen molar-refractivity contribution in [3.8, 4) is 0 Å². The lowest BCUT2D eigenvalue weighted by atomic mass is 9.70. The van der Waals surface area contributed by atoms with Gasteiger partial charge in [-0.2, -0.15) is 0 Å². The van der Waals surface area contributed by atoms with Gasteiger partial charge in [-0.3, -0.25) is 4.90 Å². The SMILES string of the molecule is CCN1CCN(C[C@@H](O)CO[C@H]2C[C@H]3CC[C@@]2(C)C3(C)C)CC1. The number of likely N-dealkylation sites (N-methyl/N-ethyl adjacent to an activating group) is 1. The van der Waals surface area contributed by atoms with Crippen molar-refractivity contribution in [3.05, 3.63) is 0 Å². The number of β-amino-alcohol motifs (C(OH)–C–C–N with tert-alkyl or cyclic N) is 1. The van der Waals surface area contributed by atoms with E-state index in [-0.39, 0.29) is 6.10 Å². The first-order valence-electron chi connectivity index (χ1n) is 9.61. The molecule has 0 aromatic rings. The van der Waals surface area contributed by atoms with E-state index in [2.05, 4.69) is 37.5 Å². The molecule has 3 rings (SSSR count). The third-order valence-electron chi connectivity index (χ3n) is 7.58. The molecule has 4 nitrogen and oxygen atoms in total. The van der Waals surface area contributed by atoms with Crippen molar-refractivity contribution in [3.63, 3.8) is 0 Å². The Morgan fingerprint density at radius 3 is 2.30 bits per heavy atom. The van der Waals surface area contributed by atoms with E-state index >= 15 is 0 Å². The van der Waals surface area contributed by atoms with E-state index in [4.69, 9.17) is 4.74 Å². The quantitative estimate of drug-likeness (QED) is 0.813. The lowest BCUT2D eigenvalue weighted by Gasteiger charge is -2.39. The summed E-state index contributed by atoms with van der Waals surface area (Å²) in [4.78, 5) is 4.85. The standard InChI is InChI=1S/C19H36N2O2/c1-5-20-8-10-21(11-9-20)13-16(22)14-23-17-12-15-6-7-19(17,4)18(15,2)3/h15-17,22H,5-14H2,1-4H3/t15-,16-,17+,19-/m1/s1. The van der Waals surface area contributed by atoms with Crippen LogP contribution in [0.1, 0.15) is 47.0 Å². The number of piperazine rings is 1. The van der Waals surface area contributed by atoms with Crippen LogP contribution in [0.25, 0.3) is 0 Å². The van der Waals surface area contributed by atoms with Crippen LogP contribution in [0, 0.1) is 16.7 Å². The Morgan fingerprint density at radius 1 is 1.13 bits per heavy atom. The van der Waals surface area contributed by atoms with Crippen LogP contribution in [0.5, 0.6) is 0 Å². The van der Waals surface area contributed by atoms with E-state index in [1.807, 2.05) is 0 Å². The molecule has 134 valence electrons. The second-order valence-electron chi connectivity index (χ2n) is 8.82. The van der Waals surface area contributed by atoms with Crippen molar-refractivity contribution in [2.45, 2.75) is 59.2 Å². The molecule has 0 aromatic carbocycles. The molecule has 0 amide bonds. The van der Waals surface area contributed by atoms with Crippen LogP contribution in [-0.2, 0) is 4.74 Å². The van der Waals surface area contributed by atoms with Gasteiger partial charge in [0.1, 0.15) is 0 Å². The number of ether oxygens (including phenoxy) is 1. The molecule has 0 radical (unpaired) electrons. The molecule has 2 saturated carbocycles. The molecule has 1 heterocycles. The number of nitrogens with zero attached hydrogens (tertiary/aromatic N) is 2. The van der Waals surface area contributed by atoms with Gasteiger partial charge in [0.15, 0.2) is 0 Å². The highest BCUT2D eigenvalue weighted by atomic mass is 16.5. The molecule has 1 N–H and O–H groups in total. The summed E-state index contributed by atoms with van der Waals surface area (Å²) in [7, 11) is 0. The Bertz CT molecular complexity index is 406. The fourth-order valence-electron chi connectivity index (χ4n) is 5.25. The van der Waals surface area contributed by atoms with Gasteiger partial charge in [0.2, 0.25) is 0 Å². The minimum absolute atomic E-state index is 0.296. The summed E-state index contributed by atoms with van der Waals surface area (Å²) in [6.45, 7) is 16.2. The molecule has 2 bridgehead atoms. The summed E-state index contributed by atoms with van der Waals surface area (Å²) in [5.41, 5.74) is 0.684. The van der Waals surface area contributed by atoms with Crippen LogP contribution >= 0.6 is 0 Å². The summed E-state index contributed by atoms with van der Waals surface area (Å²) in [6, 6.07) is 0. The smallest absolute Gasteiger partial charge is 0.0900 e. The third kappa shape index (κ3) is 3.20. The zero-order valence-corrected chi connectivity index (χ0v) is 15.6. The van der Waals surface area contributed by atoms with Gasteiger partial charge in [-0.05, 0) is 42.6 Å². The maximum absolute atomic E-state index is 10.4. The Hall–Kier alpha value is -0.160. The van der Waals surface area contributed by atoms with Gasteiger partial charge in [0, 0.05) is 32.7 Å². The number of rotatable bonds is 6. The highest BCUT2D eigenvalue weighted by molar-refractivity contribution is 5.11. The predicted octanol–water partition coefficient (Wildman–Crippen LogP) is 2.22. The van der Waals surface area contributed by atoms with Crippen LogP contribution in [0.3, 0.4) is 0 Å². The second-order valence-corrected chi connectivity index (χ2v) is 8.82. The predicted molar refractivity (Wildman–Crippen MR) is 93.5 cm³/mol. The van der Waals surface area contributed by atoms with Gasteiger partial charge >= 0.3 is 0 Å². The van der Waals surface area contributed by atoms with Gasteiger partial charge < -0.3 is 14.7 Å². The highest BCUT2D eigenvalue weighted by Gasteiger charge is 2.61. The summed E-state index contributed by atoms with van der Waals surface area (Å²) >= 11 is 0. The lowest BCUT2D eigenvalue weighted by Crippen LogP contribution is -2.49. The van der Waals surface area contributed by atoms with Crippen LogP contribution in [0.15, 0.2) is 0 Å².